The van der Waals surface area contributed by atoms with Gasteiger partial charge in [0.05, 0.1) is 19.4 Å². The quantitative estimate of drug-likeness (QED) is 0.514. The molecule has 3 N–H and O–H groups in total. The number of nitrogens with zero attached hydrogens (tertiary/aromatic N) is 1. The molecule has 3 amide bonds. The van der Waals surface area contributed by atoms with Crippen LogP contribution in [0.4, 0.5) is 16.2 Å². The van der Waals surface area contributed by atoms with E-state index in [1.54, 1.807) is 67.8 Å². The average molecular weight is 447 g/mol. The Hall–Kier alpha value is -4.04. The molecule has 0 aliphatic carbocycles. The molecule has 3 aromatic carbocycles. The molecule has 8 nitrogen and oxygen atoms in total. The third kappa shape index (κ3) is 4.20. The van der Waals surface area contributed by atoms with Crippen LogP contribution in [0, 0.1) is 0 Å². The van der Waals surface area contributed by atoms with Crippen molar-refractivity contribution in [2.45, 2.75) is 19.2 Å². The second kappa shape index (κ2) is 9.22. The number of hydrogen-bond acceptors (Lipinski definition) is 5. The molecule has 4 rings (SSSR count). The highest BCUT2D eigenvalue weighted by Gasteiger charge is 2.51. The van der Waals surface area contributed by atoms with E-state index in [9.17, 15) is 14.7 Å². The Bertz CT molecular complexity index is 1150. The van der Waals surface area contributed by atoms with Gasteiger partial charge in [-0.15, -0.1) is 0 Å². The fourth-order valence-corrected chi connectivity index (χ4v) is 3.77. The number of nitrogens with one attached hydrogen (secondary N) is 2. The van der Waals surface area contributed by atoms with Crippen molar-refractivity contribution in [3.8, 4) is 11.5 Å². The summed E-state index contributed by atoms with van der Waals surface area (Å²) in [6.07, 6.45) is 0. The number of amides is 3. The van der Waals surface area contributed by atoms with Crippen LogP contribution in [0.1, 0.15) is 18.1 Å². The van der Waals surface area contributed by atoms with Crippen LogP contribution in [0.2, 0.25) is 0 Å². The van der Waals surface area contributed by atoms with Gasteiger partial charge in [0.15, 0.2) is 0 Å². The van der Waals surface area contributed by atoms with Gasteiger partial charge in [0.25, 0.3) is 11.6 Å². The lowest BCUT2D eigenvalue weighted by molar-refractivity contribution is -0.140. The fraction of sp³-hybridized carbons (Fsp3) is 0.200. The smallest absolute Gasteiger partial charge is 0.329 e. The van der Waals surface area contributed by atoms with E-state index in [0.717, 1.165) is 10.5 Å². The molecule has 1 atom stereocenters. The van der Waals surface area contributed by atoms with Crippen LogP contribution in [-0.4, -0.2) is 30.8 Å². The van der Waals surface area contributed by atoms with E-state index in [4.69, 9.17) is 9.47 Å². The van der Waals surface area contributed by atoms with Crippen molar-refractivity contribution in [2.75, 3.05) is 23.9 Å². The molecule has 0 saturated heterocycles. The molecule has 0 bridgehead atoms. The Morgan fingerprint density at radius 2 is 1.70 bits per heavy atom. The van der Waals surface area contributed by atoms with E-state index in [2.05, 4.69) is 10.6 Å². The molecule has 1 aliphatic rings. The van der Waals surface area contributed by atoms with E-state index >= 15 is 0 Å². The third-order valence-electron chi connectivity index (χ3n) is 5.41. The second-order valence-electron chi connectivity index (χ2n) is 7.44. The van der Waals surface area contributed by atoms with Gasteiger partial charge in [-0.2, -0.15) is 0 Å². The minimum atomic E-state index is -2.27. The van der Waals surface area contributed by atoms with Gasteiger partial charge < -0.3 is 25.2 Å². The second-order valence-corrected chi connectivity index (χ2v) is 7.44. The van der Waals surface area contributed by atoms with Gasteiger partial charge in [-0.25, -0.2) is 4.79 Å². The number of benzene rings is 3. The van der Waals surface area contributed by atoms with Gasteiger partial charge in [-0.3, -0.25) is 9.69 Å². The minimum absolute atomic E-state index is 0.159. The van der Waals surface area contributed by atoms with Crippen molar-refractivity contribution < 1.29 is 24.2 Å². The van der Waals surface area contributed by atoms with Crippen molar-refractivity contribution >= 4 is 23.3 Å². The molecule has 0 spiro atoms. The molecular formula is C25H25N3O5. The number of rotatable bonds is 7. The lowest BCUT2D eigenvalue weighted by atomic mass is 9.94. The van der Waals surface area contributed by atoms with Crippen molar-refractivity contribution in [3.05, 3.63) is 83.9 Å². The number of ether oxygens (including phenoxy) is 2. The van der Waals surface area contributed by atoms with E-state index in [0.29, 0.717) is 29.5 Å². The van der Waals surface area contributed by atoms with Crippen molar-refractivity contribution in [1.82, 2.24) is 5.32 Å². The predicted octanol–water partition coefficient (Wildman–Crippen LogP) is 3.61. The van der Waals surface area contributed by atoms with Gasteiger partial charge in [-0.05, 0) is 55.0 Å². The molecule has 170 valence electrons. The summed E-state index contributed by atoms with van der Waals surface area (Å²) < 4.78 is 10.6. The molecule has 0 saturated carbocycles. The highest BCUT2D eigenvalue weighted by molar-refractivity contribution is 6.11. The van der Waals surface area contributed by atoms with Gasteiger partial charge in [0, 0.05) is 17.8 Å². The normalized spacial score (nSPS) is 17.1. The number of para-hydroxylation sites is 1. The first-order chi connectivity index (χ1) is 16.0. The molecule has 0 unspecified atom stereocenters. The molecule has 0 radical (unpaired) electrons. The van der Waals surface area contributed by atoms with Crippen LogP contribution in [0.15, 0.2) is 72.8 Å². The van der Waals surface area contributed by atoms with Crippen LogP contribution in [-0.2, 0) is 17.1 Å². The van der Waals surface area contributed by atoms with Crippen LogP contribution in [0.25, 0.3) is 0 Å². The first-order valence-electron chi connectivity index (χ1n) is 10.5. The first kappa shape index (κ1) is 22.2. The molecule has 1 aliphatic heterocycles. The van der Waals surface area contributed by atoms with Gasteiger partial charge >= 0.3 is 6.03 Å². The lowest BCUT2D eigenvalue weighted by Gasteiger charge is -2.42. The summed E-state index contributed by atoms with van der Waals surface area (Å²) >= 11 is 0. The zero-order valence-electron chi connectivity index (χ0n) is 18.4. The molecule has 3 aromatic rings. The lowest BCUT2D eigenvalue weighted by Crippen LogP contribution is -2.62. The molecule has 8 heteroatoms. The Labute approximate surface area is 191 Å². The number of carbonyl (C=O) groups is 2. The van der Waals surface area contributed by atoms with Crippen LogP contribution < -0.4 is 25.0 Å². The number of urea groups is 1. The number of aliphatic hydroxyl groups is 1. The number of fused-ring (bicyclic) bond motifs is 1. The monoisotopic (exact) mass is 447 g/mol. The van der Waals surface area contributed by atoms with E-state index in [-0.39, 0.29) is 12.1 Å². The van der Waals surface area contributed by atoms with Gasteiger partial charge in [0.1, 0.15) is 11.5 Å². The summed E-state index contributed by atoms with van der Waals surface area (Å²) in [5, 5.41) is 17.3. The van der Waals surface area contributed by atoms with E-state index in [1.165, 1.54) is 0 Å². The van der Waals surface area contributed by atoms with Crippen molar-refractivity contribution in [3.63, 3.8) is 0 Å². The fourth-order valence-electron chi connectivity index (χ4n) is 3.77. The molecular weight excluding hydrogens is 422 g/mol. The highest BCUT2D eigenvalue weighted by Crippen LogP contribution is 2.40. The summed E-state index contributed by atoms with van der Waals surface area (Å²) in [6, 6.07) is 19.9. The summed E-state index contributed by atoms with van der Waals surface area (Å²) in [7, 11) is 1.58. The number of carbonyl (C=O) groups excluding carboxylic acids is 2. The predicted molar refractivity (Wildman–Crippen MR) is 124 cm³/mol. The maximum absolute atomic E-state index is 13.4. The van der Waals surface area contributed by atoms with Crippen molar-refractivity contribution in [1.29, 1.82) is 0 Å². The first-order valence-corrected chi connectivity index (χ1v) is 10.5. The van der Waals surface area contributed by atoms with Crippen LogP contribution in [0.3, 0.4) is 0 Å². The summed E-state index contributed by atoms with van der Waals surface area (Å²) in [5.41, 5.74) is -0.475. The Balaban J connectivity index is 1.69. The Morgan fingerprint density at radius 3 is 2.36 bits per heavy atom. The van der Waals surface area contributed by atoms with Crippen LogP contribution >= 0.6 is 0 Å². The van der Waals surface area contributed by atoms with Gasteiger partial charge in [0.2, 0.25) is 0 Å². The molecule has 0 fully saturated rings. The molecule has 33 heavy (non-hydrogen) atoms. The summed E-state index contributed by atoms with van der Waals surface area (Å²) in [4.78, 5) is 27.6. The average Bonchev–Trinajstić information content (AvgIpc) is 2.84. The van der Waals surface area contributed by atoms with E-state index in [1.807, 2.05) is 19.1 Å². The highest BCUT2D eigenvalue weighted by atomic mass is 16.5. The Kier molecular flexibility index (Phi) is 6.19. The zero-order valence-corrected chi connectivity index (χ0v) is 18.4. The van der Waals surface area contributed by atoms with E-state index < -0.39 is 17.7 Å². The van der Waals surface area contributed by atoms with Crippen molar-refractivity contribution in [2.24, 2.45) is 0 Å². The SMILES string of the molecule is CCOc1ccc(N2C(=O)Nc3ccccc3[C@@]2(O)C(=O)NCc2ccc(OC)cc2)cc1. The minimum Gasteiger partial charge on any atom is -0.497 e. The molecule has 0 aromatic heterocycles. The number of methoxy groups -OCH3 is 1. The largest absolute Gasteiger partial charge is 0.497 e. The maximum atomic E-state index is 13.4. The van der Waals surface area contributed by atoms with Crippen LogP contribution in [0.5, 0.6) is 11.5 Å². The topological polar surface area (TPSA) is 100 Å². The molecule has 1 heterocycles. The zero-order chi connectivity index (χ0) is 23.4. The number of hydrogen-bond donors (Lipinski definition) is 3. The van der Waals surface area contributed by atoms with Gasteiger partial charge in [-0.1, -0.05) is 30.3 Å². The summed E-state index contributed by atoms with van der Waals surface area (Å²) in [6.45, 7) is 2.52. The third-order valence-corrected chi connectivity index (χ3v) is 5.41. The summed E-state index contributed by atoms with van der Waals surface area (Å²) in [5.74, 6) is 0.587. The standard InChI is InChI=1S/C25H25N3O5/c1-3-33-20-14-10-18(11-15-20)28-24(30)27-22-7-5-4-6-21(22)25(28,31)23(29)26-16-17-8-12-19(32-2)13-9-17/h4-15,31H,3,16H2,1-2H3,(H,26,29)(H,27,30)/t25-/m1/s1. The maximum Gasteiger partial charge on any atom is 0.329 e. The Morgan fingerprint density at radius 1 is 1.03 bits per heavy atom. The number of anilines is 2.